The first-order valence-corrected chi connectivity index (χ1v) is 7.45. The summed E-state index contributed by atoms with van der Waals surface area (Å²) in [7, 11) is 0. The molecule has 0 aliphatic carbocycles. The van der Waals surface area contributed by atoms with Crippen LogP contribution in [0.4, 0.5) is 0 Å². The van der Waals surface area contributed by atoms with Crippen LogP contribution in [0.3, 0.4) is 0 Å². The summed E-state index contributed by atoms with van der Waals surface area (Å²) in [6.07, 6.45) is 15.2. The lowest BCUT2D eigenvalue weighted by atomic mass is 9.93. The largest absolute Gasteiger partial charge is 0.390 e. The van der Waals surface area contributed by atoms with Crippen molar-refractivity contribution in [2.45, 2.75) is 90.1 Å². The van der Waals surface area contributed by atoms with E-state index < -0.39 is 5.60 Å². The first-order valence-electron chi connectivity index (χ1n) is 7.45. The summed E-state index contributed by atoms with van der Waals surface area (Å²) in [5, 5.41) is 10.1. The van der Waals surface area contributed by atoms with Crippen LogP contribution in [0.1, 0.15) is 84.5 Å². The summed E-state index contributed by atoms with van der Waals surface area (Å²) in [6, 6.07) is 0. The zero-order chi connectivity index (χ0) is 13.0. The first-order chi connectivity index (χ1) is 8.12. The Bertz CT molecular complexity index is 172. The smallest absolute Gasteiger partial charge is 0.0622 e. The van der Waals surface area contributed by atoms with Crippen LogP contribution < -0.4 is 0 Å². The maximum absolute atomic E-state index is 10.1. The highest BCUT2D eigenvalue weighted by molar-refractivity contribution is 4.77. The molecule has 0 amide bonds. The molecule has 0 aromatic rings. The second-order valence-electron chi connectivity index (χ2n) is 5.55. The van der Waals surface area contributed by atoms with E-state index in [0.717, 1.165) is 25.7 Å². The molecule has 0 saturated carbocycles. The molecule has 0 bridgehead atoms. The van der Waals surface area contributed by atoms with Gasteiger partial charge in [0.2, 0.25) is 0 Å². The van der Waals surface area contributed by atoms with E-state index in [4.69, 9.17) is 0 Å². The third kappa shape index (κ3) is 12.0. The highest BCUT2D eigenvalue weighted by Gasteiger charge is 2.17. The number of allylic oxidation sites excluding steroid dienone is 1. The van der Waals surface area contributed by atoms with Gasteiger partial charge in [0.1, 0.15) is 0 Å². The summed E-state index contributed by atoms with van der Waals surface area (Å²) in [6.45, 7) is 7.91. The molecule has 0 heterocycles. The maximum atomic E-state index is 10.1. The minimum absolute atomic E-state index is 0.476. The van der Waals surface area contributed by atoms with Gasteiger partial charge in [0.25, 0.3) is 0 Å². The van der Waals surface area contributed by atoms with Crippen molar-refractivity contribution in [2.24, 2.45) is 0 Å². The molecule has 1 atom stereocenters. The van der Waals surface area contributed by atoms with Gasteiger partial charge in [0, 0.05) is 0 Å². The summed E-state index contributed by atoms with van der Waals surface area (Å²) in [4.78, 5) is 0. The highest BCUT2D eigenvalue weighted by Crippen LogP contribution is 2.21. The van der Waals surface area contributed by atoms with E-state index in [9.17, 15) is 5.11 Å². The summed E-state index contributed by atoms with van der Waals surface area (Å²) in [5.41, 5.74) is -0.476. The molecule has 102 valence electrons. The Balaban J connectivity index is 3.28. The van der Waals surface area contributed by atoms with Crippen molar-refractivity contribution >= 4 is 0 Å². The van der Waals surface area contributed by atoms with Gasteiger partial charge in [0.15, 0.2) is 0 Å². The Morgan fingerprint density at radius 1 is 0.941 bits per heavy atom. The van der Waals surface area contributed by atoms with Crippen LogP contribution in [0.15, 0.2) is 12.7 Å². The number of aliphatic hydroxyl groups is 1. The fourth-order valence-electron chi connectivity index (χ4n) is 2.18. The fourth-order valence-corrected chi connectivity index (χ4v) is 2.18. The molecule has 0 spiro atoms. The number of rotatable bonds is 12. The van der Waals surface area contributed by atoms with Gasteiger partial charge in [-0.25, -0.2) is 0 Å². The van der Waals surface area contributed by atoms with Crippen LogP contribution in [0.25, 0.3) is 0 Å². The lowest BCUT2D eigenvalue weighted by Crippen LogP contribution is -2.23. The molecule has 0 aliphatic heterocycles. The first kappa shape index (κ1) is 16.7. The van der Waals surface area contributed by atoms with Gasteiger partial charge in [-0.3, -0.25) is 0 Å². The zero-order valence-corrected chi connectivity index (χ0v) is 12.0. The van der Waals surface area contributed by atoms with E-state index >= 15 is 0 Å². The maximum Gasteiger partial charge on any atom is 0.0622 e. The van der Waals surface area contributed by atoms with Crippen molar-refractivity contribution in [1.29, 1.82) is 0 Å². The molecule has 1 heteroatoms. The minimum Gasteiger partial charge on any atom is -0.390 e. The monoisotopic (exact) mass is 240 g/mol. The molecule has 0 saturated heterocycles. The number of hydrogen-bond donors (Lipinski definition) is 1. The van der Waals surface area contributed by atoms with E-state index in [1.165, 1.54) is 44.9 Å². The highest BCUT2D eigenvalue weighted by atomic mass is 16.3. The second kappa shape index (κ2) is 10.8. The molecule has 1 nitrogen and oxygen atoms in total. The van der Waals surface area contributed by atoms with Crippen molar-refractivity contribution < 1.29 is 5.11 Å². The van der Waals surface area contributed by atoms with Gasteiger partial charge in [-0.2, -0.15) is 0 Å². The summed E-state index contributed by atoms with van der Waals surface area (Å²) < 4.78 is 0. The molecule has 17 heavy (non-hydrogen) atoms. The van der Waals surface area contributed by atoms with E-state index in [1.807, 2.05) is 13.0 Å². The third-order valence-corrected chi connectivity index (χ3v) is 3.46. The van der Waals surface area contributed by atoms with E-state index in [1.54, 1.807) is 0 Å². The van der Waals surface area contributed by atoms with Gasteiger partial charge in [-0.05, 0) is 26.2 Å². The second-order valence-corrected chi connectivity index (χ2v) is 5.55. The predicted molar refractivity (Wildman–Crippen MR) is 77.3 cm³/mol. The molecule has 1 unspecified atom stereocenters. The standard InChI is InChI=1S/C16H32O/c1-4-6-8-9-10-11-12-13-15-16(3,17)14-7-5-2/h5,17H,2,4,6-15H2,1,3H3. The SMILES string of the molecule is C=CCCC(C)(O)CCCCCCCCCC. The number of hydrogen-bond acceptors (Lipinski definition) is 1. The molecule has 0 aromatic heterocycles. The van der Waals surface area contributed by atoms with Crippen molar-refractivity contribution in [1.82, 2.24) is 0 Å². The van der Waals surface area contributed by atoms with Gasteiger partial charge in [-0.1, -0.05) is 64.4 Å². The Morgan fingerprint density at radius 3 is 2.00 bits per heavy atom. The molecule has 0 aromatic carbocycles. The Kier molecular flexibility index (Phi) is 10.6. The Labute approximate surface area is 108 Å². The van der Waals surface area contributed by atoms with Crippen LogP contribution in [-0.2, 0) is 0 Å². The summed E-state index contributed by atoms with van der Waals surface area (Å²) >= 11 is 0. The van der Waals surface area contributed by atoms with Crippen LogP contribution in [0.5, 0.6) is 0 Å². The fraction of sp³-hybridized carbons (Fsp3) is 0.875. The lowest BCUT2D eigenvalue weighted by molar-refractivity contribution is 0.0403. The van der Waals surface area contributed by atoms with E-state index in [-0.39, 0.29) is 0 Å². The molecule has 0 aliphatic rings. The van der Waals surface area contributed by atoms with Gasteiger partial charge in [0.05, 0.1) is 5.60 Å². The van der Waals surface area contributed by atoms with Crippen LogP contribution >= 0.6 is 0 Å². The molecule has 0 radical (unpaired) electrons. The minimum atomic E-state index is -0.476. The van der Waals surface area contributed by atoms with Gasteiger partial charge >= 0.3 is 0 Å². The van der Waals surface area contributed by atoms with E-state index in [2.05, 4.69) is 13.5 Å². The molecule has 1 N–H and O–H groups in total. The van der Waals surface area contributed by atoms with Crippen molar-refractivity contribution in [3.05, 3.63) is 12.7 Å². The lowest BCUT2D eigenvalue weighted by Gasteiger charge is -2.22. The quantitative estimate of drug-likeness (QED) is 0.365. The predicted octanol–water partition coefficient (Wildman–Crippen LogP) is 5.23. The van der Waals surface area contributed by atoms with Crippen molar-refractivity contribution in [3.63, 3.8) is 0 Å². The molecular formula is C16H32O. The molecule has 0 fully saturated rings. The van der Waals surface area contributed by atoms with Crippen LogP contribution in [0.2, 0.25) is 0 Å². The van der Waals surface area contributed by atoms with Gasteiger partial charge < -0.3 is 5.11 Å². The van der Waals surface area contributed by atoms with Gasteiger partial charge in [-0.15, -0.1) is 6.58 Å². The molecular weight excluding hydrogens is 208 g/mol. The zero-order valence-electron chi connectivity index (χ0n) is 12.0. The Hall–Kier alpha value is -0.300. The van der Waals surface area contributed by atoms with Crippen LogP contribution in [-0.4, -0.2) is 10.7 Å². The normalized spacial score (nSPS) is 14.5. The molecule has 0 rings (SSSR count). The third-order valence-electron chi connectivity index (χ3n) is 3.46. The van der Waals surface area contributed by atoms with E-state index in [0.29, 0.717) is 0 Å². The van der Waals surface area contributed by atoms with Crippen molar-refractivity contribution in [2.75, 3.05) is 0 Å². The summed E-state index contributed by atoms with van der Waals surface area (Å²) in [5.74, 6) is 0. The average molecular weight is 240 g/mol. The Morgan fingerprint density at radius 2 is 1.47 bits per heavy atom. The average Bonchev–Trinajstić information content (AvgIpc) is 2.30. The number of unbranched alkanes of at least 4 members (excludes halogenated alkanes) is 7. The van der Waals surface area contributed by atoms with Crippen molar-refractivity contribution in [3.8, 4) is 0 Å². The van der Waals surface area contributed by atoms with Crippen LogP contribution in [0, 0.1) is 0 Å². The topological polar surface area (TPSA) is 20.2 Å².